The molecule has 1 aliphatic rings. The Morgan fingerprint density at radius 2 is 2.28 bits per heavy atom. The maximum Gasteiger partial charge on any atom is 0.315 e. The number of nitrogens with zero attached hydrogens (tertiary/aromatic N) is 4. The van der Waals surface area contributed by atoms with Gasteiger partial charge in [0.25, 0.3) is 5.91 Å². The van der Waals surface area contributed by atoms with Crippen molar-refractivity contribution in [1.29, 1.82) is 0 Å². The number of aryl methyl sites for hydroxylation is 2. The number of carbonyl (C=O) groups excluding carboxylic acids is 2. The number of carbonyl (C=O) groups is 2. The number of rotatable bonds is 4. The molecule has 0 unspecified atom stereocenters. The van der Waals surface area contributed by atoms with Gasteiger partial charge in [0.15, 0.2) is 5.82 Å². The van der Waals surface area contributed by atoms with E-state index in [-0.39, 0.29) is 18.0 Å². The van der Waals surface area contributed by atoms with Crippen LogP contribution >= 0.6 is 11.3 Å². The fourth-order valence-electron chi connectivity index (χ4n) is 2.81. The minimum absolute atomic E-state index is 0.127. The van der Waals surface area contributed by atoms with Crippen molar-refractivity contribution in [2.75, 3.05) is 11.4 Å². The molecule has 0 aliphatic carbocycles. The van der Waals surface area contributed by atoms with Crippen LogP contribution < -0.4 is 15.5 Å². The average Bonchev–Trinajstić information content (AvgIpc) is 3.18. The summed E-state index contributed by atoms with van der Waals surface area (Å²) in [5.41, 5.74) is 0.933. The molecule has 2 aromatic heterocycles. The van der Waals surface area contributed by atoms with Crippen LogP contribution in [0.25, 0.3) is 0 Å². The molecule has 1 saturated heterocycles. The van der Waals surface area contributed by atoms with E-state index in [0.29, 0.717) is 18.8 Å². The van der Waals surface area contributed by atoms with Gasteiger partial charge in [-0.05, 0) is 26.7 Å². The Balaban J connectivity index is 1.59. The molecule has 134 valence electrons. The van der Waals surface area contributed by atoms with E-state index in [4.69, 9.17) is 0 Å². The Bertz CT molecular complexity index is 770. The SMILES string of the molecule is Cc1csc([C@@H](C)NC(=O)N[C@H]2CCCN(c3ccn(C)n3)C2=O)n1. The Morgan fingerprint density at radius 1 is 1.48 bits per heavy atom. The van der Waals surface area contributed by atoms with Crippen molar-refractivity contribution in [3.8, 4) is 0 Å². The molecule has 0 radical (unpaired) electrons. The molecule has 25 heavy (non-hydrogen) atoms. The van der Waals surface area contributed by atoms with Crippen molar-refractivity contribution < 1.29 is 9.59 Å². The summed E-state index contributed by atoms with van der Waals surface area (Å²) in [6.45, 7) is 4.41. The standard InChI is InChI=1S/C16H22N6O2S/c1-10-9-25-14(17-10)11(2)18-16(24)19-12-5-4-7-22(15(12)23)13-6-8-21(3)20-13/h6,8-9,11-12H,4-5,7H2,1-3H3,(H2,18,19,24)/t11-,12+/m1/s1. The summed E-state index contributed by atoms with van der Waals surface area (Å²) < 4.78 is 1.66. The first-order valence-corrected chi connectivity index (χ1v) is 9.12. The number of urea groups is 1. The molecule has 0 spiro atoms. The van der Waals surface area contributed by atoms with Gasteiger partial charge in [0.1, 0.15) is 11.0 Å². The average molecular weight is 362 g/mol. The Kier molecular flexibility index (Phi) is 5.03. The molecule has 0 bridgehead atoms. The van der Waals surface area contributed by atoms with Crippen LogP contribution in [0, 0.1) is 6.92 Å². The number of amides is 3. The molecular weight excluding hydrogens is 340 g/mol. The number of aromatic nitrogens is 3. The van der Waals surface area contributed by atoms with E-state index >= 15 is 0 Å². The predicted molar refractivity (Wildman–Crippen MR) is 95.5 cm³/mol. The van der Waals surface area contributed by atoms with Crippen molar-refractivity contribution in [2.45, 2.75) is 38.8 Å². The van der Waals surface area contributed by atoms with Crippen LogP contribution in [0.5, 0.6) is 0 Å². The second-order valence-corrected chi connectivity index (χ2v) is 7.09. The second kappa shape index (κ2) is 7.22. The van der Waals surface area contributed by atoms with E-state index in [1.165, 1.54) is 11.3 Å². The van der Waals surface area contributed by atoms with Gasteiger partial charge in [0.05, 0.1) is 6.04 Å². The monoisotopic (exact) mass is 362 g/mol. The van der Waals surface area contributed by atoms with Crippen molar-refractivity contribution in [2.24, 2.45) is 7.05 Å². The first-order valence-electron chi connectivity index (χ1n) is 8.24. The van der Waals surface area contributed by atoms with Crippen molar-refractivity contribution >= 4 is 29.1 Å². The fourth-order valence-corrected chi connectivity index (χ4v) is 3.62. The summed E-state index contributed by atoms with van der Waals surface area (Å²) in [6, 6.07) is 0.694. The topological polar surface area (TPSA) is 92.2 Å². The Morgan fingerprint density at radius 3 is 2.92 bits per heavy atom. The van der Waals surface area contributed by atoms with Gasteiger partial charge in [-0.3, -0.25) is 14.4 Å². The third-order valence-electron chi connectivity index (χ3n) is 4.07. The minimum Gasteiger partial charge on any atom is -0.329 e. The van der Waals surface area contributed by atoms with Crippen molar-refractivity contribution in [1.82, 2.24) is 25.4 Å². The van der Waals surface area contributed by atoms with E-state index in [1.807, 2.05) is 26.3 Å². The van der Waals surface area contributed by atoms with E-state index in [2.05, 4.69) is 20.7 Å². The van der Waals surface area contributed by atoms with Crippen LogP contribution in [0.15, 0.2) is 17.6 Å². The van der Waals surface area contributed by atoms with Crippen molar-refractivity contribution in [3.63, 3.8) is 0 Å². The number of anilines is 1. The van der Waals surface area contributed by atoms with Gasteiger partial charge in [-0.25, -0.2) is 9.78 Å². The first-order chi connectivity index (χ1) is 11.9. The number of hydrogen-bond donors (Lipinski definition) is 2. The number of piperidine rings is 1. The molecule has 2 N–H and O–H groups in total. The molecule has 2 atom stereocenters. The minimum atomic E-state index is -0.541. The van der Waals surface area contributed by atoms with Gasteiger partial charge in [-0.1, -0.05) is 0 Å². The van der Waals surface area contributed by atoms with Crippen molar-refractivity contribution in [3.05, 3.63) is 28.3 Å². The first kappa shape index (κ1) is 17.4. The molecular formula is C16H22N6O2S. The summed E-state index contributed by atoms with van der Waals surface area (Å²) in [5, 5.41) is 12.7. The molecule has 0 aromatic carbocycles. The molecule has 1 fully saturated rings. The molecule has 9 heteroatoms. The Hall–Kier alpha value is -2.42. The summed E-state index contributed by atoms with van der Waals surface area (Å²) in [7, 11) is 1.81. The summed E-state index contributed by atoms with van der Waals surface area (Å²) in [5.74, 6) is 0.490. The van der Waals surface area contributed by atoms with Gasteiger partial charge >= 0.3 is 6.03 Å². The second-order valence-electron chi connectivity index (χ2n) is 6.20. The molecule has 3 amide bonds. The quantitative estimate of drug-likeness (QED) is 0.866. The predicted octanol–water partition coefficient (Wildman–Crippen LogP) is 1.74. The summed E-state index contributed by atoms with van der Waals surface area (Å²) in [4.78, 5) is 30.9. The third kappa shape index (κ3) is 3.98. The third-order valence-corrected chi connectivity index (χ3v) is 5.22. The highest BCUT2D eigenvalue weighted by Gasteiger charge is 2.32. The molecule has 2 aromatic rings. The maximum atomic E-state index is 12.7. The lowest BCUT2D eigenvalue weighted by atomic mass is 10.1. The van der Waals surface area contributed by atoms with E-state index < -0.39 is 6.04 Å². The highest BCUT2D eigenvalue weighted by molar-refractivity contribution is 7.09. The number of nitrogens with one attached hydrogen (secondary N) is 2. The smallest absolute Gasteiger partial charge is 0.315 e. The maximum absolute atomic E-state index is 12.7. The van der Waals surface area contributed by atoms with Crippen LogP contribution in [-0.2, 0) is 11.8 Å². The van der Waals surface area contributed by atoms with Gasteiger partial charge in [-0.2, -0.15) is 5.10 Å². The van der Waals surface area contributed by atoms with Crippen LogP contribution in [0.2, 0.25) is 0 Å². The van der Waals surface area contributed by atoms with Crippen LogP contribution in [0.3, 0.4) is 0 Å². The highest BCUT2D eigenvalue weighted by atomic mass is 32.1. The Labute approximate surface area is 150 Å². The molecule has 1 aliphatic heterocycles. The van der Waals surface area contributed by atoms with E-state index in [1.54, 1.807) is 21.8 Å². The largest absolute Gasteiger partial charge is 0.329 e. The summed E-state index contributed by atoms with van der Waals surface area (Å²) >= 11 is 1.51. The van der Waals surface area contributed by atoms with E-state index in [0.717, 1.165) is 17.1 Å². The lowest BCUT2D eigenvalue weighted by Gasteiger charge is -2.31. The lowest BCUT2D eigenvalue weighted by Crippen LogP contribution is -2.54. The van der Waals surface area contributed by atoms with E-state index in [9.17, 15) is 9.59 Å². The highest BCUT2D eigenvalue weighted by Crippen LogP contribution is 2.20. The molecule has 3 rings (SSSR count). The number of thiazole rings is 1. The van der Waals surface area contributed by atoms with Gasteiger partial charge in [0.2, 0.25) is 0 Å². The van der Waals surface area contributed by atoms with Crippen LogP contribution in [0.1, 0.15) is 36.5 Å². The molecule has 3 heterocycles. The van der Waals surface area contributed by atoms with Gasteiger partial charge < -0.3 is 10.6 Å². The van der Waals surface area contributed by atoms with Crippen LogP contribution in [0.4, 0.5) is 10.6 Å². The zero-order valence-corrected chi connectivity index (χ0v) is 15.3. The molecule has 0 saturated carbocycles. The molecule has 8 nitrogen and oxygen atoms in total. The zero-order valence-electron chi connectivity index (χ0n) is 14.5. The normalized spacial score (nSPS) is 18.9. The summed E-state index contributed by atoms with van der Waals surface area (Å²) in [6.07, 6.45) is 3.23. The van der Waals surface area contributed by atoms with Crippen LogP contribution in [-0.4, -0.2) is 39.3 Å². The van der Waals surface area contributed by atoms with Gasteiger partial charge in [0, 0.05) is 36.9 Å². The number of hydrogen-bond acceptors (Lipinski definition) is 5. The zero-order chi connectivity index (χ0) is 18.0. The van der Waals surface area contributed by atoms with Gasteiger partial charge in [-0.15, -0.1) is 11.3 Å². The lowest BCUT2D eigenvalue weighted by molar-refractivity contribution is -0.121. The fraction of sp³-hybridized carbons (Fsp3) is 0.500.